The second-order valence-corrected chi connectivity index (χ2v) is 10.2. The Morgan fingerprint density at radius 3 is 2.50 bits per heavy atom. The number of carbonyl (C=O) groups is 1. The number of anilines is 1. The predicted octanol–water partition coefficient (Wildman–Crippen LogP) is 3.65. The van der Waals surface area contributed by atoms with Crippen molar-refractivity contribution in [2.24, 2.45) is 0 Å². The van der Waals surface area contributed by atoms with Crippen LogP contribution in [-0.4, -0.2) is 39.8 Å². The molecule has 13 heteroatoms. The number of nitriles is 1. The second-order valence-electron chi connectivity index (χ2n) is 7.94. The van der Waals surface area contributed by atoms with Gasteiger partial charge in [-0.2, -0.15) is 18.4 Å². The molecule has 9 nitrogen and oxygen atoms in total. The lowest BCUT2D eigenvalue weighted by atomic mass is 9.88. The van der Waals surface area contributed by atoms with Gasteiger partial charge in [0.25, 0.3) is 0 Å². The van der Waals surface area contributed by atoms with Crippen molar-refractivity contribution in [1.29, 1.82) is 5.26 Å². The van der Waals surface area contributed by atoms with Gasteiger partial charge in [0.2, 0.25) is 0 Å². The fourth-order valence-electron chi connectivity index (χ4n) is 3.17. The van der Waals surface area contributed by atoms with Crippen molar-refractivity contribution < 1.29 is 31.5 Å². The fourth-order valence-corrected chi connectivity index (χ4v) is 4.35. The standard InChI is InChI=1S/C21H20F3N5O4S/c1-4-34(32,33)17-16-6-5-12(20(2,3)11-25)10-29(16)28-18(17)27-9-15-14(19(30)31)7-13(8-26-15)21(22,23)24/h5-8,10H,4,9H2,1-3H3,(H,27,28)(H,30,31). The van der Waals surface area contributed by atoms with E-state index >= 15 is 0 Å². The number of halogens is 3. The molecule has 0 saturated heterocycles. The van der Waals surface area contributed by atoms with E-state index in [2.05, 4.69) is 21.5 Å². The summed E-state index contributed by atoms with van der Waals surface area (Å²) in [7, 11) is -3.82. The Balaban J connectivity index is 2.09. The zero-order chi connectivity index (χ0) is 25.5. The van der Waals surface area contributed by atoms with Gasteiger partial charge in [0.1, 0.15) is 4.90 Å². The van der Waals surface area contributed by atoms with Crippen LogP contribution in [0, 0.1) is 11.3 Å². The van der Waals surface area contributed by atoms with Gasteiger partial charge in [0.15, 0.2) is 15.7 Å². The van der Waals surface area contributed by atoms with Crippen LogP contribution in [0.5, 0.6) is 0 Å². The third-order valence-electron chi connectivity index (χ3n) is 5.23. The highest BCUT2D eigenvalue weighted by Gasteiger charge is 2.33. The summed E-state index contributed by atoms with van der Waals surface area (Å²) >= 11 is 0. The number of rotatable bonds is 7. The van der Waals surface area contributed by atoms with E-state index < -0.39 is 45.1 Å². The van der Waals surface area contributed by atoms with E-state index in [9.17, 15) is 36.8 Å². The van der Waals surface area contributed by atoms with Crippen LogP contribution in [0.15, 0.2) is 35.5 Å². The average molecular weight is 495 g/mol. The molecule has 0 saturated carbocycles. The number of alkyl halides is 3. The van der Waals surface area contributed by atoms with Gasteiger partial charge in [-0.3, -0.25) is 4.98 Å². The SMILES string of the molecule is CCS(=O)(=O)c1c(NCc2ncc(C(F)(F)F)cc2C(=O)O)nn2cc(C(C)(C)C#N)ccc12. The highest BCUT2D eigenvalue weighted by atomic mass is 32.2. The van der Waals surface area contributed by atoms with Gasteiger partial charge in [-0.05, 0) is 31.5 Å². The minimum Gasteiger partial charge on any atom is -0.478 e. The first-order valence-corrected chi connectivity index (χ1v) is 11.6. The fraction of sp³-hybridized carbons (Fsp3) is 0.333. The van der Waals surface area contributed by atoms with Gasteiger partial charge in [0.05, 0.1) is 46.1 Å². The first-order valence-electron chi connectivity index (χ1n) is 9.91. The minimum absolute atomic E-state index is 0.119. The van der Waals surface area contributed by atoms with Crippen LogP contribution in [-0.2, 0) is 28.0 Å². The largest absolute Gasteiger partial charge is 0.478 e. The third-order valence-corrected chi connectivity index (χ3v) is 7.01. The first-order chi connectivity index (χ1) is 15.7. The van der Waals surface area contributed by atoms with Crippen molar-refractivity contribution in [3.63, 3.8) is 0 Å². The highest BCUT2D eigenvalue weighted by molar-refractivity contribution is 7.91. The van der Waals surface area contributed by atoms with Crippen LogP contribution in [0.1, 0.15) is 48.0 Å². The van der Waals surface area contributed by atoms with Crippen LogP contribution in [0.2, 0.25) is 0 Å². The van der Waals surface area contributed by atoms with Gasteiger partial charge in [-0.15, -0.1) is 5.10 Å². The Morgan fingerprint density at radius 2 is 1.94 bits per heavy atom. The number of nitrogens with zero attached hydrogens (tertiary/aromatic N) is 4. The zero-order valence-electron chi connectivity index (χ0n) is 18.3. The molecule has 0 aliphatic heterocycles. The van der Waals surface area contributed by atoms with Crippen LogP contribution in [0.25, 0.3) is 5.52 Å². The summed E-state index contributed by atoms with van der Waals surface area (Å²) in [6.45, 7) is 4.41. The lowest BCUT2D eigenvalue weighted by Crippen LogP contribution is -2.15. The summed E-state index contributed by atoms with van der Waals surface area (Å²) in [6.07, 6.45) is -2.76. The number of fused-ring (bicyclic) bond motifs is 1. The summed E-state index contributed by atoms with van der Waals surface area (Å²) in [5.41, 5.74) is -2.20. The number of hydrogen-bond donors (Lipinski definition) is 2. The van der Waals surface area contributed by atoms with E-state index in [1.807, 2.05) is 0 Å². The van der Waals surface area contributed by atoms with Gasteiger partial charge in [-0.1, -0.05) is 13.0 Å². The van der Waals surface area contributed by atoms with Crippen LogP contribution in [0.4, 0.5) is 19.0 Å². The number of nitrogens with one attached hydrogen (secondary N) is 1. The van der Waals surface area contributed by atoms with Gasteiger partial charge >= 0.3 is 12.1 Å². The Labute approximate surface area is 192 Å². The Bertz CT molecular complexity index is 1420. The molecule has 0 amide bonds. The summed E-state index contributed by atoms with van der Waals surface area (Å²) < 4.78 is 65.7. The van der Waals surface area contributed by atoms with E-state index in [0.717, 1.165) is 0 Å². The smallest absolute Gasteiger partial charge is 0.417 e. The molecule has 0 aromatic carbocycles. The maximum absolute atomic E-state index is 12.9. The van der Waals surface area contributed by atoms with Crippen molar-refractivity contribution in [1.82, 2.24) is 14.6 Å². The molecule has 0 fully saturated rings. The molecule has 0 aliphatic rings. The van der Waals surface area contributed by atoms with E-state index in [-0.39, 0.29) is 27.7 Å². The molecular formula is C21H20F3N5O4S. The summed E-state index contributed by atoms with van der Waals surface area (Å²) in [5.74, 6) is -1.99. The summed E-state index contributed by atoms with van der Waals surface area (Å²) in [6, 6.07) is 5.73. The molecule has 3 aromatic rings. The number of aromatic nitrogens is 3. The van der Waals surface area contributed by atoms with Crippen LogP contribution >= 0.6 is 0 Å². The van der Waals surface area contributed by atoms with Gasteiger partial charge < -0.3 is 10.4 Å². The molecule has 34 heavy (non-hydrogen) atoms. The minimum atomic E-state index is -4.78. The lowest BCUT2D eigenvalue weighted by Gasteiger charge is -2.15. The van der Waals surface area contributed by atoms with Crippen molar-refractivity contribution >= 4 is 27.1 Å². The number of sulfone groups is 1. The third kappa shape index (κ3) is 4.67. The van der Waals surface area contributed by atoms with Crippen molar-refractivity contribution in [2.45, 2.75) is 43.8 Å². The normalized spacial score (nSPS) is 12.5. The lowest BCUT2D eigenvalue weighted by molar-refractivity contribution is -0.137. The molecule has 2 N–H and O–H groups in total. The monoisotopic (exact) mass is 495 g/mol. The Kier molecular flexibility index (Phi) is 6.32. The van der Waals surface area contributed by atoms with E-state index in [4.69, 9.17) is 0 Å². The molecule has 0 aliphatic carbocycles. The number of aromatic carboxylic acids is 1. The Morgan fingerprint density at radius 1 is 1.26 bits per heavy atom. The molecule has 0 bridgehead atoms. The van der Waals surface area contributed by atoms with E-state index in [1.54, 1.807) is 19.9 Å². The van der Waals surface area contributed by atoms with Crippen LogP contribution < -0.4 is 5.32 Å². The quantitative estimate of drug-likeness (QED) is 0.507. The molecule has 3 aromatic heterocycles. The molecular weight excluding hydrogens is 475 g/mol. The topological polar surface area (TPSA) is 137 Å². The first kappa shape index (κ1) is 25.0. The van der Waals surface area contributed by atoms with Gasteiger partial charge in [-0.25, -0.2) is 17.7 Å². The summed E-state index contributed by atoms with van der Waals surface area (Å²) in [4.78, 5) is 15.0. The van der Waals surface area contributed by atoms with Crippen molar-refractivity contribution in [2.75, 3.05) is 11.1 Å². The maximum atomic E-state index is 12.9. The van der Waals surface area contributed by atoms with Crippen LogP contribution in [0.3, 0.4) is 0 Å². The van der Waals surface area contributed by atoms with E-state index in [0.29, 0.717) is 17.8 Å². The molecule has 3 heterocycles. The number of carboxylic acid groups (broad SMARTS) is 1. The van der Waals surface area contributed by atoms with Crippen molar-refractivity contribution in [3.8, 4) is 6.07 Å². The molecule has 3 rings (SSSR count). The predicted molar refractivity (Wildman–Crippen MR) is 115 cm³/mol. The maximum Gasteiger partial charge on any atom is 0.417 e. The molecule has 0 atom stereocenters. The van der Waals surface area contributed by atoms with E-state index in [1.165, 1.54) is 23.7 Å². The number of hydrogen-bond acceptors (Lipinski definition) is 7. The highest BCUT2D eigenvalue weighted by Crippen LogP contribution is 2.32. The molecule has 0 radical (unpaired) electrons. The second kappa shape index (κ2) is 8.60. The molecule has 0 unspecified atom stereocenters. The number of pyridine rings is 2. The van der Waals surface area contributed by atoms with Crippen molar-refractivity contribution in [3.05, 3.63) is 53.0 Å². The Hall–Kier alpha value is -3.66. The summed E-state index contributed by atoms with van der Waals surface area (Å²) in [5, 5.41) is 25.7. The zero-order valence-corrected chi connectivity index (χ0v) is 19.1. The molecule has 180 valence electrons. The number of carboxylic acids is 1. The van der Waals surface area contributed by atoms with Gasteiger partial charge in [0, 0.05) is 12.4 Å². The molecule has 0 spiro atoms. The average Bonchev–Trinajstić information content (AvgIpc) is 3.15.